The first-order valence-corrected chi connectivity index (χ1v) is 7.34. The molecule has 0 aliphatic rings. The number of nitrogens with zero attached hydrogens (tertiary/aromatic N) is 4. The van der Waals surface area contributed by atoms with Gasteiger partial charge in [-0.25, -0.2) is 14.4 Å². The van der Waals surface area contributed by atoms with Crippen LogP contribution < -0.4 is 15.4 Å². The van der Waals surface area contributed by atoms with Gasteiger partial charge in [0, 0.05) is 29.5 Å². The molecule has 0 fully saturated rings. The third-order valence-corrected chi connectivity index (χ3v) is 3.38. The van der Waals surface area contributed by atoms with Crippen molar-refractivity contribution < 1.29 is 18.0 Å². The van der Waals surface area contributed by atoms with Crippen molar-refractivity contribution in [1.29, 1.82) is 0 Å². The highest BCUT2D eigenvalue weighted by atomic mass is 19.1. The summed E-state index contributed by atoms with van der Waals surface area (Å²) in [5.74, 6) is -1.12. The Hall–Kier alpha value is -3.62. The van der Waals surface area contributed by atoms with Crippen LogP contribution in [-0.2, 0) is 0 Å². The molecule has 0 saturated heterocycles. The van der Waals surface area contributed by atoms with E-state index < -0.39 is 18.7 Å². The van der Waals surface area contributed by atoms with E-state index >= 15 is 0 Å². The fourth-order valence-corrected chi connectivity index (χ4v) is 2.32. The van der Waals surface area contributed by atoms with Crippen LogP contribution >= 0.6 is 0 Å². The van der Waals surface area contributed by atoms with E-state index in [1.165, 1.54) is 37.8 Å². The van der Waals surface area contributed by atoms with E-state index in [1.54, 1.807) is 6.07 Å². The van der Waals surface area contributed by atoms with Gasteiger partial charge in [0.05, 0.1) is 30.2 Å². The third-order valence-electron chi connectivity index (χ3n) is 3.38. The Morgan fingerprint density at radius 3 is 2.77 bits per heavy atom. The topological polar surface area (TPSA) is 102 Å². The zero-order valence-electron chi connectivity index (χ0n) is 16.5. The molecule has 0 atom stereocenters. The quantitative estimate of drug-likeness (QED) is 0.721. The summed E-state index contributed by atoms with van der Waals surface area (Å²) in [4.78, 5) is 20.4. The van der Waals surface area contributed by atoms with Gasteiger partial charge in [0.1, 0.15) is 5.82 Å². The van der Waals surface area contributed by atoms with E-state index in [0.717, 1.165) is 6.07 Å². The first kappa shape index (κ1) is 13.6. The minimum atomic E-state index is -2.71. The number of benzene rings is 1. The zero-order valence-corrected chi connectivity index (χ0v) is 13.5. The summed E-state index contributed by atoms with van der Waals surface area (Å²) in [6.45, 7) is -2.71. The number of hydrogen-bond acceptors (Lipinski definition) is 7. The Labute approximate surface area is 152 Å². The fraction of sp³-hybridized carbons (Fsp3) is 0.118. The number of hydrogen-bond donors (Lipinski definition) is 2. The highest BCUT2D eigenvalue weighted by molar-refractivity contribution is 5.98. The SMILES string of the molecule is [2H]C([2H])([2H])NC(=O)c1nnccc1Nc1cc(F)cc(-c2ncccn2)c1OC. The maximum atomic E-state index is 14.3. The van der Waals surface area contributed by atoms with Crippen LogP contribution in [0, 0.1) is 5.82 Å². The number of halogens is 1. The highest BCUT2D eigenvalue weighted by Gasteiger charge is 2.18. The molecule has 0 bridgehead atoms. The van der Waals surface area contributed by atoms with Crippen LogP contribution in [0.2, 0.25) is 0 Å². The second-order valence-electron chi connectivity index (χ2n) is 4.98. The van der Waals surface area contributed by atoms with Crippen molar-refractivity contribution in [2.45, 2.75) is 0 Å². The molecule has 8 nitrogen and oxygen atoms in total. The van der Waals surface area contributed by atoms with E-state index in [4.69, 9.17) is 8.85 Å². The first-order chi connectivity index (χ1) is 13.8. The van der Waals surface area contributed by atoms with Gasteiger partial charge in [-0.1, -0.05) is 0 Å². The summed E-state index contributed by atoms with van der Waals surface area (Å²) >= 11 is 0. The standard InChI is InChI=1S/C17H15FN6O2/c1-19-17(25)14-12(4-7-22-24-14)23-13-9-10(18)8-11(15(13)26-2)16-20-5-3-6-21-16/h3-9H,1-2H3,(H,19,25)(H,22,23)/i1D3. The summed E-state index contributed by atoms with van der Waals surface area (Å²) in [5.41, 5.74) is 0.259. The Bertz CT molecular complexity index is 1030. The number of ether oxygens (including phenoxy) is 1. The molecule has 0 spiro atoms. The van der Waals surface area contributed by atoms with Crippen molar-refractivity contribution in [3.05, 3.63) is 54.4 Å². The molecule has 2 aromatic heterocycles. The molecule has 1 aromatic carbocycles. The van der Waals surface area contributed by atoms with Crippen molar-refractivity contribution in [3.63, 3.8) is 0 Å². The molecular formula is C17H15FN6O2. The highest BCUT2D eigenvalue weighted by Crippen LogP contribution is 2.37. The second kappa shape index (κ2) is 7.51. The van der Waals surface area contributed by atoms with Gasteiger partial charge in [-0.2, -0.15) is 5.10 Å². The van der Waals surface area contributed by atoms with Gasteiger partial charge in [0.2, 0.25) is 0 Å². The Morgan fingerprint density at radius 2 is 2.04 bits per heavy atom. The summed E-state index contributed by atoms with van der Waals surface area (Å²) in [7, 11) is 1.39. The predicted octanol–water partition coefficient (Wildman–Crippen LogP) is 2.18. The minimum Gasteiger partial charge on any atom is -0.494 e. The number of carbonyl (C=O) groups is 1. The molecule has 0 radical (unpaired) electrons. The number of nitrogens with one attached hydrogen (secondary N) is 2. The zero-order chi connectivity index (χ0) is 21.0. The Kier molecular flexibility index (Phi) is 3.94. The number of methoxy groups -OCH3 is 1. The van der Waals surface area contributed by atoms with Gasteiger partial charge < -0.3 is 15.4 Å². The van der Waals surface area contributed by atoms with Gasteiger partial charge >= 0.3 is 0 Å². The molecule has 26 heavy (non-hydrogen) atoms. The maximum Gasteiger partial charge on any atom is 0.273 e. The maximum absolute atomic E-state index is 14.3. The molecule has 3 aromatic rings. The van der Waals surface area contributed by atoms with Gasteiger partial charge in [-0.3, -0.25) is 4.79 Å². The number of aromatic nitrogens is 4. The first-order valence-electron chi connectivity index (χ1n) is 8.84. The second-order valence-corrected chi connectivity index (χ2v) is 4.98. The number of rotatable bonds is 5. The normalized spacial score (nSPS) is 12.5. The Morgan fingerprint density at radius 1 is 1.23 bits per heavy atom. The van der Waals surface area contributed by atoms with Gasteiger partial charge in [-0.05, 0) is 18.2 Å². The molecule has 1 amide bonds. The van der Waals surface area contributed by atoms with Crippen LogP contribution in [0.4, 0.5) is 15.8 Å². The molecule has 0 saturated carbocycles. The van der Waals surface area contributed by atoms with Crippen LogP contribution in [0.1, 0.15) is 14.6 Å². The van der Waals surface area contributed by atoms with Gasteiger partial charge in [0.15, 0.2) is 17.3 Å². The molecule has 3 rings (SSSR count). The minimum absolute atomic E-state index is 0.102. The lowest BCUT2D eigenvalue weighted by Crippen LogP contribution is -2.21. The van der Waals surface area contributed by atoms with Crippen molar-refractivity contribution in [3.8, 4) is 17.1 Å². The summed E-state index contributed by atoms with van der Waals surface area (Å²) < 4.78 is 41.2. The lowest BCUT2D eigenvalue weighted by Gasteiger charge is -2.16. The van der Waals surface area contributed by atoms with E-state index in [0.29, 0.717) is 0 Å². The van der Waals surface area contributed by atoms with E-state index in [9.17, 15) is 9.18 Å². The van der Waals surface area contributed by atoms with Crippen molar-refractivity contribution in [2.24, 2.45) is 0 Å². The molecular weight excluding hydrogens is 339 g/mol. The van der Waals surface area contributed by atoms with Crippen molar-refractivity contribution in [2.75, 3.05) is 19.4 Å². The van der Waals surface area contributed by atoms with Gasteiger partial charge in [0.25, 0.3) is 5.91 Å². The number of amides is 1. The third kappa shape index (κ3) is 3.41. The van der Waals surface area contributed by atoms with Crippen LogP contribution in [0.5, 0.6) is 5.75 Å². The van der Waals surface area contributed by atoms with E-state index in [1.807, 2.05) is 5.32 Å². The van der Waals surface area contributed by atoms with Crippen molar-refractivity contribution >= 4 is 17.3 Å². The van der Waals surface area contributed by atoms with E-state index in [-0.39, 0.29) is 34.2 Å². The summed E-state index contributed by atoms with van der Waals surface area (Å²) in [6.07, 6.45) is 4.30. The average Bonchev–Trinajstić information content (AvgIpc) is 2.67. The fourth-order valence-electron chi connectivity index (χ4n) is 2.32. The largest absolute Gasteiger partial charge is 0.494 e. The molecule has 0 aliphatic carbocycles. The van der Waals surface area contributed by atoms with Crippen LogP contribution in [0.3, 0.4) is 0 Å². The average molecular weight is 357 g/mol. The number of anilines is 2. The summed E-state index contributed by atoms with van der Waals surface area (Å²) in [6, 6.07) is 5.38. The summed E-state index contributed by atoms with van der Waals surface area (Å²) in [5, 5.41) is 12.0. The molecule has 2 N–H and O–H groups in total. The molecule has 0 aliphatic heterocycles. The van der Waals surface area contributed by atoms with E-state index in [2.05, 4.69) is 25.5 Å². The molecule has 0 unspecified atom stereocenters. The smallest absolute Gasteiger partial charge is 0.273 e. The van der Waals surface area contributed by atoms with Crippen LogP contribution in [0.15, 0.2) is 42.9 Å². The number of carbonyl (C=O) groups excluding carboxylic acids is 1. The monoisotopic (exact) mass is 357 g/mol. The Balaban J connectivity index is 2.04. The lowest BCUT2D eigenvalue weighted by atomic mass is 10.1. The predicted molar refractivity (Wildman–Crippen MR) is 92.7 cm³/mol. The van der Waals surface area contributed by atoms with Crippen LogP contribution in [-0.4, -0.2) is 40.2 Å². The molecule has 132 valence electrons. The lowest BCUT2D eigenvalue weighted by molar-refractivity contribution is 0.0958. The van der Waals surface area contributed by atoms with Crippen molar-refractivity contribution in [1.82, 2.24) is 25.5 Å². The molecule has 2 heterocycles. The van der Waals surface area contributed by atoms with Gasteiger partial charge in [-0.15, -0.1) is 5.10 Å². The molecule has 9 heteroatoms. The van der Waals surface area contributed by atoms with Crippen LogP contribution in [0.25, 0.3) is 11.4 Å².